The lowest BCUT2D eigenvalue weighted by Gasteiger charge is -2.21. The molecular formula is C14H28N2O3. The van der Waals surface area contributed by atoms with Crippen LogP contribution in [0.2, 0.25) is 0 Å². The molecule has 2 unspecified atom stereocenters. The zero-order valence-corrected chi connectivity index (χ0v) is 12.1. The first-order chi connectivity index (χ1) is 9.42. The molecule has 2 fully saturated rings. The molecule has 0 saturated carbocycles. The van der Waals surface area contributed by atoms with Crippen molar-refractivity contribution >= 4 is 0 Å². The molecule has 2 aliphatic rings. The van der Waals surface area contributed by atoms with E-state index in [-0.39, 0.29) is 0 Å². The number of hydrogen-bond donors (Lipinski definition) is 1. The molecule has 2 rings (SSSR count). The van der Waals surface area contributed by atoms with Crippen LogP contribution >= 0.6 is 0 Å². The first-order valence-electron chi connectivity index (χ1n) is 7.53. The topological polar surface area (TPSA) is 43.0 Å². The molecule has 0 aromatic carbocycles. The van der Waals surface area contributed by atoms with Gasteiger partial charge in [0.05, 0.1) is 33.0 Å². The molecule has 0 amide bonds. The van der Waals surface area contributed by atoms with Crippen molar-refractivity contribution in [3.8, 4) is 0 Å². The lowest BCUT2D eigenvalue weighted by molar-refractivity contribution is 0.0251. The molecular weight excluding hydrogens is 244 g/mol. The highest BCUT2D eigenvalue weighted by Crippen LogP contribution is 2.27. The highest BCUT2D eigenvalue weighted by atomic mass is 16.5. The maximum atomic E-state index is 5.54. The van der Waals surface area contributed by atoms with Gasteiger partial charge in [0.2, 0.25) is 0 Å². The number of rotatable bonds is 10. The minimum absolute atomic E-state index is 0.650. The Hall–Kier alpha value is -0.200. The van der Waals surface area contributed by atoms with E-state index in [1.54, 1.807) is 7.11 Å². The summed E-state index contributed by atoms with van der Waals surface area (Å²) in [6.07, 6.45) is 4.04. The number of hydrogen-bond acceptors (Lipinski definition) is 5. The average Bonchev–Trinajstić information content (AvgIpc) is 3.01. The third-order valence-electron chi connectivity index (χ3n) is 4.06. The Morgan fingerprint density at radius 1 is 1.00 bits per heavy atom. The van der Waals surface area contributed by atoms with Crippen LogP contribution in [0.15, 0.2) is 0 Å². The van der Waals surface area contributed by atoms with Gasteiger partial charge in [0.1, 0.15) is 0 Å². The summed E-state index contributed by atoms with van der Waals surface area (Å²) >= 11 is 0. The van der Waals surface area contributed by atoms with Crippen molar-refractivity contribution in [1.29, 1.82) is 0 Å². The highest BCUT2D eigenvalue weighted by Gasteiger charge is 2.36. The Morgan fingerprint density at radius 2 is 1.79 bits per heavy atom. The van der Waals surface area contributed by atoms with Crippen molar-refractivity contribution in [2.45, 2.75) is 31.3 Å². The van der Waals surface area contributed by atoms with E-state index in [9.17, 15) is 0 Å². The predicted molar refractivity (Wildman–Crippen MR) is 74.5 cm³/mol. The molecule has 1 N–H and O–H groups in total. The van der Waals surface area contributed by atoms with Gasteiger partial charge in [-0.05, 0) is 25.8 Å². The summed E-state index contributed by atoms with van der Waals surface area (Å²) < 4.78 is 15.8. The van der Waals surface area contributed by atoms with Gasteiger partial charge in [-0.3, -0.25) is 4.90 Å². The number of methoxy groups -OCH3 is 1. The molecule has 0 spiro atoms. The van der Waals surface area contributed by atoms with E-state index in [0.29, 0.717) is 32.5 Å². The Bertz CT molecular complexity index is 241. The quantitative estimate of drug-likeness (QED) is 0.586. The second-order valence-corrected chi connectivity index (χ2v) is 5.31. The van der Waals surface area contributed by atoms with Gasteiger partial charge in [-0.25, -0.2) is 0 Å². The summed E-state index contributed by atoms with van der Waals surface area (Å²) in [4.78, 5) is 2.63. The molecule has 19 heavy (non-hydrogen) atoms. The van der Waals surface area contributed by atoms with Crippen LogP contribution in [0.3, 0.4) is 0 Å². The largest absolute Gasteiger partial charge is 0.382 e. The summed E-state index contributed by atoms with van der Waals surface area (Å²) in [6.45, 7) is 6.94. The fourth-order valence-electron chi connectivity index (χ4n) is 3.10. The fraction of sp³-hybridized carbons (Fsp3) is 1.00. The van der Waals surface area contributed by atoms with Gasteiger partial charge >= 0.3 is 0 Å². The second kappa shape index (κ2) is 8.87. The summed E-state index contributed by atoms with van der Waals surface area (Å²) in [6, 6.07) is 1.47. The molecule has 0 aliphatic carbocycles. The summed E-state index contributed by atoms with van der Waals surface area (Å²) in [5.74, 6) is 0. The fourth-order valence-corrected chi connectivity index (χ4v) is 3.10. The zero-order chi connectivity index (χ0) is 13.3. The van der Waals surface area contributed by atoms with Crippen LogP contribution in [0.1, 0.15) is 19.3 Å². The zero-order valence-electron chi connectivity index (χ0n) is 12.1. The SMILES string of the molecule is COCCOCCOCCNC1CCN2CCCC12. The summed E-state index contributed by atoms with van der Waals surface area (Å²) in [5.41, 5.74) is 0. The first-order valence-corrected chi connectivity index (χ1v) is 7.53. The third kappa shape index (κ3) is 5.00. The Labute approximate surface area is 116 Å². The molecule has 5 heteroatoms. The van der Waals surface area contributed by atoms with Gasteiger partial charge in [0, 0.05) is 32.3 Å². The highest BCUT2D eigenvalue weighted by molar-refractivity contribution is 4.95. The van der Waals surface area contributed by atoms with Crippen LogP contribution in [-0.2, 0) is 14.2 Å². The van der Waals surface area contributed by atoms with Crippen molar-refractivity contribution < 1.29 is 14.2 Å². The van der Waals surface area contributed by atoms with Gasteiger partial charge in [-0.2, -0.15) is 0 Å². The Kier molecular flexibility index (Phi) is 7.09. The van der Waals surface area contributed by atoms with E-state index >= 15 is 0 Å². The first kappa shape index (κ1) is 15.2. The van der Waals surface area contributed by atoms with Crippen molar-refractivity contribution in [3.05, 3.63) is 0 Å². The minimum Gasteiger partial charge on any atom is -0.382 e. The molecule has 0 radical (unpaired) electrons. The van der Waals surface area contributed by atoms with Gasteiger partial charge < -0.3 is 19.5 Å². The van der Waals surface area contributed by atoms with Crippen molar-refractivity contribution in [2.75, 3.05) is 59.8 Å². The minimum atomic E-state index is 0.650. The van der Waals surface area contributed by atoms with Gasteiger partial charge in [0.15, 0.2) is 0 Å². The van der Waals surface area contributed by atoms with Crippen LogP contribution in [-0.4, -0.2) is 76.8 Å². The van der Waals surface area contributed by atoms with E-state index in [4.69, 9.17) is 14.2 Å². The molecule has 2 aliphatic heterocycles. The van der Waals surface area contributed by atoms with Crippen LogP contribution in [0.25, 0.3) is 0 Å². The van der Waals surface area contributed by atoms with Crippen molar-refractivity contribution in [2.24, 2.45) is 0 Å². The Morgan fingerprint density at radius 3 is 2.63 bits per heavy atom. The molecule has 112 valence electrons. The van der Waals surface area contributed by atoms with Crippen LogP contribution in [0, 0.1) is 0 Å². The number of ether oxygens (including phenoxy) is 3. The molecule has 5 nitrogen and oxygen atoms in total. The summed E-state index contributed by atoms with van der Waals surface area (Å²) in [5, 5.41) is 3.64. The maximum Gasteiger partial charge on any atom is 0.0701 e. The lowest BCUT2D eigenvalue weighted by atomic mass is 10.1. The molecule has 2 heterocycles. The predicted octanol–water partition coefficient (Wildman–Crippen LogP) is 0.492. The number of nitrogens with zero attached hydrogens (tertiary/aromatic N) is 1. The monoisotopic (exact) mass is 272 g/mol. The van der Waals surface area contributed by atoms with E-state index in [1.165, 1.54) is 32.4 Å². The molecule has 2 saturated heterocycles. The van der Waals surface area contributed by atoms with Crippen molar-refractivity contribution in [3.63, 3.8) is 0 Å². The Balaban J connectivity index is 1.40. The smallest absolute Gasteiger partial charge is 0.0701 e. The second-order valence-electron chi connectivity index (χ2n) is 5.31. The molecule has 0 aromatic heterocycles. The van der Waals surface area contributed by atoms with Crippen LogP contribution in [0.4, 0.5) is 0 Å². The normalized spacial score (nSPS) is 27.0. The number of nitrogens with one attached hydrogen (secondary N) is 1. The van der Waals surface area contributed by atoms with Crippen molar-refractivity contribution in [1.82, 2.24) is 10.2 Å². The third-order valence-corrected chi connectivity index (χ3v) is 4.06. The van der Waals surface area contributed by atoms with Crippen LogP contribution < -0.4 is 5.32 Å². The summed E-state index contributed by atoms with van der Waals surface area (Å²) in [7, 11) is 1.68. The average molecular weight is 272 g/mol. The molecule has 0 aromatic rings. The van der Waals surface area contributed by atoms with E-state index in [2.05, 4.69) is 10.2 Å². The van der Waals surface area contributed by atoms with E-state index in [0.717, 1.165) is 19.2 Å². The van der Waals surface area contributed by atoms with Crippen LogP contribution in [0.5, 0.6) is 0 Å². The van der Waals surface area contributed by atoms with Gasteiger partial charge in [-0.15, -0.1) is 0 Å². The van der Waals surface area contributed by atoms with Gasteiger partial charge in [-0.1, -0.05) is 0 Å². The van der Waals surface area contributed by atoms with E-state index < -0.39 is 0 Å². The van der Waals surface area contributed by atoms with E-state index in [1.807, 2.05) is 0 Å². The maximum absolute atomic E-state index is 5.54. The molecule has 2 atom stereocenters. The van der Waals surface area contributed by atoms with Gasteiger partial charge in [0.25, 0.3) is 0 Å². The molecule has 0 bridgehead atoms. The number of fused-ring (bicyclic) bond motifs is 1. The standard InChI is InChI=1S/C14H28N2O3/c1-17-9-10-19-12-11-18-8-5-15-13-4-7-16-6-2-3-14(13)16/h13-15H,2-12H2,1H3. The lowest BCUT2D eigenvalue weighted by Crippen LogP contribution is -2.40.